The predicted molar refractivity (Wildman–Crippen MR) is 142 cm³/mol. The smallest absolute Gasteiger partial charge is 0.213 e. The van der Waals surface area contributed by atoms with Gasteiger partial charge in [-0.1, -0.05) is 23.4 Å². The van der Waals surface area contributed by atoms with Crippen LogP contribution < -0.4 is 19.7 Å². The zero-order valence-corrected chi connectivity index (χ0v) is 21.0. The SMILES string of the molecule is COc1ccc(NCc2ccc(OCC3CCC4CN(c5noc6ccccc56)CCN4C3)nc2)cn1. The van der Waals surface area contributed by atoms with Crippen molar-refractivity contribution in [2.45, 2.75) is 25.4 Å². The topological polar surface area (TPSA) is 88.8 Å². The summed E-state index contributed by atoms with van der Waals surface area (Å²) < 4.78 is 16.7. The lowest BCUT2D eigenvalue weighted by Gasteiger charge is -2.46. The van der Waals surface area contributed by atoms with E-state index in [4.69, 9.17) is 14.0 Å². The maximum Gasteiger partial charge on any atom is 0.213 e. The lowest BCUT2D eigenvalue weighted by molar-refractivity contribution is 0.0717. The number of piperidine rings is 1. The fraction of sp³-hybridized carbons (Fsp3) is 0.393. The first-order valence-electron chi connectivity index (χ1n) is 12.9. The van der Waals surface area contributed by atoms with Crippen LogP contribution in [-0.2, 0) is 6.54 Å². The number of ether oxygens (including phenoxy) is 2. The van der Waals surface area contributed by atoms with E-state index in [1.807, 2.05) is 42.6 Å². The Balaban J connectivity index is 0.965. The van der Waals surface area contributed by atoms with Crippen LogP contribution in [0.25, 0.3) is 11.0 Å². The zero-order chi connectivity index (χ0) is 25.0. The van der Waals surface area contributed by atoms with E-state index in [2.05, 4.69) is 42.4 Å². The van der Waals surface area contributed by atoms with Gasteiger partial charge in [0.1, 0.15) is 0 Å². The number of aromatic nitrogens is 3. The van der Waals surface area contributed by atoms with Gasteiger partial charge in [-0.3, -0.25) is 4.90 Å². The van der Waals surface area contributed by atoms with E-state index in [9.17, 15) is 0 Å². The molecular formula is C28H32N6O3. The zero-order valence-electron chi connectivity index (χ0n) is 21.0. The summed E-state index contributed by atoms with van der Waals surface area (Å²) in [5.74, 6) is 2.77. The molecule has 9 nitrogen and oxygen atoms in total. The summed E-state index contributed by atoms with van der Waals surface area (Å²) in [7, 11) is 1.61. The van der Waals surface area contributed by atoms with Crippen molar-refractivity contribution in [1.29, 1.82) is 0 Å². The Kier molecular flexibility index (Phi) is 6.77. The molecule has 2 saturated heterocycles. The van der Waals surface area contributed by atoms with Crippen molar-refractivity contribution in [3.05, 3.63) is 66.5 Å². The number of pyridine rings is 2. The van der Waals surface area contributed by atoms with Gasteiger partial charge in [-0.25, -0.2) is 9.97 Å². The molecule has 0 radical (unpaired) electrons. The van der Waals surface area contributed by atoms with Crippen LogP contribution in [0.15, 0.2) is 65.4 Å². The number of hydrogen-bond acceptors (Lipinski definition) is 9. The fourth-order valence-corrected chi connectivity index (χ4v) is 5.30. The molecule has 2 aliphatic heterocycles. The Bertz CT molecular complexity index is 1310. The lowest BCUT2D eigenvalue weighted by atomic mass is 9.91. The number of piperazine rings is 1. The third-order valence-corrected chi connectivity index (χ3v) is 7.37. The van der Waals surface area contributed by atoms with Crippen molar-refractivity contribution < 1.29 is 14.0 Å². The minimum absolute atomic E-state index is 0.515. The molecule has 0 amide bonds. The highest BCUT2D eigenvalue weighted by atomic mass is 16.5. The molecule has 192 valence electrons. The van der Waals surface area contributed by atoms with Crippen LogP contribution in [0, 0.1) is 5.92 Å². The minimum atomic E-state index is 0.515. The Morgan fingerprint density at radius 1 is 0.973 bits per heavy atom. The van der Waals surface area contributed by atoms with Crippen LogP contribution in [0.4, 0.5) is 11.5 Å². The van der Waals surface area contributed by atoms with Gasteiger partial charge in [-0.2, -0.15) is 0 Å². The summed E-state index contributed by atoms with van der Waals surface area (Å²) >= 11 is 0. The first kappa shape index (κ1) is 23.5. The van der Waals surface area contributed by atoms with Gasteiger partial charge in [-0.05, 0) is 36.6 Å². The average Bonchev–Trinajstić information content (AvgIpc) is 3.40. The summed E-state index contributed by atoms with van der Waals surface area (Å²) in [5, 5.41) is 8.82. The molecule has 6 rings (SSSR count). The Morgan fingerprint density at radius 2 is 1.86 bits per heavy atom. The Hall–Kier alpha value is -3.85. The predicted octanol–water partition coefficient (Wildman–Crippen LogP) is 4.22. The third-order valence-electron chi connectivity index (χ3n) is 7.37. The van der Waals surface area contributed by atoms with Crippen LogP contribution >= 0.6 is 0 Å². The number of hydrogen-bond donors (Lipinski definition) is 1. The van der Waals surface area contributed by atoms with E-state index in [0.29, 0.717) is 36.9 Å². The lowest BCUT2D eigenvalue weighted by Crippen LogP contribution is -2.57. The summed E-state index contributed by atoms with van der Waals surface area (Å²) in [6.07, 6.45) is 5.95. The Morgan fingerprint density at radius 3 is 2.70 bits per heavy atom. The second kappa shape index (κ2) is 10.6. The van der Waals surface area contributed by atoms with E-state index in [1.54, 1.807) is 13.3 Å². The molecule has 1 N–H and O–H groups in total. The first-order chi connectivity index (χ1) is 18.2. The van der Waals surface area contributed by atoms with Gasteiger partial charge in [0.25, 0.3) is 0 Å². The van der Waals surface area contributed by atoms with Crippen molar-refractivity contribution in [2.24, 2.45) is 5.92 Å². The highest BCUT2D eigenvalue weighted by molar-refractivity contribution is 5.88. The number of nitrogens with one attached hydrogen (secondary N) is 1. The largest absolute Gasteiger partial charge is 0.481 e. The summed E-state index contributed by atoms with van der Waals surface area (Å²) in [4.78, 5) is 13.7. The van der Waals surface area contributed by atoms with Crippen molar-refractivity contribution in [2.75, 3.05) is 50.1 Å². The van der Waals surface area contributed by atoms with Gasteiger partial charge in [0.05, 0.1) is 31.0 Å². The quantitative estimate of drug-likeness (QED) is 0.382. The maximum atomic E-state index is 6.08. The van der Waals surface area contributed by atoms with E-state index >= 15 is 0 Å². The number of para-hydroxylation sites is 1. The van der Waals surface area contributed by atoms with E-state index in [1.165, 1.54) is 6.42 Å². The number of nitrogens with zero attached hydrogens (tertiary/aromatic N) is 5. The number of rotatable bonds is 8. The van der Waals surface area contributed by atoms with Crippen LogP contribution in [0.3, 0.4) is 0 Å². The van der Waals surface area contributed by atoms with E-state index in [0.717, 1.165) is 60.6 Å². The van der Waals surface area contributed by atoms with E-state index < -0.39 is 0 Å². The molecule has 9 heteroatoms. The van der Waals surface area contributed by atoms with E-state index in [-0.39, 0.29) is 0 Å². The second-order valence-corrected chi connectivity index (χ2v) is 9.80. The third kappa shape index (κ3) is 5.32. The molecule has 2 atom stereocenters. The molecule has 3 aromatic heterocycles. The monoisotopic (exact) mass is 500 g/mol. The molecule has 0 aliphatic carbocycles. The van der Waals surface area contributed by atoms with Crippen molar-refractivity contribution in [3.8, 4) is 11.8 Å². The average molecular weight is 501 g/mol. The molecule has 0 spiro atoms. The van der Waals surface area contributed by atoms with Crippen LogP contribution in [-0.4, -0.2) is 66.0 Å². The van der Waals surface area contributed by atoms with Gasteiger partial charge in [-0.15, -0.1) is 0 Å². The van der Waals surface area contributed by atoms with Crippen LogP contribution in [0.5, 0.6) is 11.8 Å². The molecule has 0 saturated carbocycles. The van der Waals surface area contributed by atoms with Gasteiger partial charge in [0.2, 0.25) is 11.8 Å². The molecule has 0 bridgehead atoms. The summed E-state index contributed by atoms with van der Waals surface area (Å²) in [6, 6.07) is 16.4. The summed E-state index contributed by atoms with van der Waals surface area (Å²) in [5.41, 5.74) is 2.88. The molecule has 2 unspecified atom stereocenters. The number of anilines is 2. The van der Waals surface area contributed by atoms with Gasteiger partial charge in [0.15, 0.2) is 11.4 Å². The molecule has 2 aliphatic rings. The van der Waals surface area contributed by atoms with Gasteiger partial charge < -0.3 is 24.2 Å². The number of benzene rings is 1. The van der Waals surface area contributed by atoms with Crippen molar-refractivity contribution >= 4 is 22.5 Å². The number of fused-ring (bicyclic) bond motifs is 2. The standard InChI is InChI=1S/C28H32N6O3/c1-35-26-11-8-22(16-31-26)29-14-20-7-10-27(30-15-20)36-19-21-6-9-23-18-34(13-12-33(23)17-21)28-24-4-2-3-5-25(24)37-32-28/h2-5,7-8,10-11,15-16,21,23,29H,6,9,12-14,17-19H2,1H3. The Labute approximate surface area is 216 Å². The first-order valence-corrected chi connectivity index (χ1v) is 12.9. The molecule has 1 aromatic carbocycles. The molecule has 2 fully saturated rings. The molecule has 4 aromatic rings. The van der Waals surface area contributed by atoms with Gasteiger partial charge in [0, 0.05) is 63.0 Å². The molecule has 5 heterocycles. The molecule has 37 heavy (non-hydrogen) atoms. The minimum Gasteiger partial charge on any atom is -0.481 e. The summed E-state index contributed by atoms with van der Waals surface area (Å²) in [6.45, 7) is 5.42. The normalized spacial score (nSPS) is 20.0. The highest BCUT2D eigenvalue weighted by Crippen LogP contribution is 2.31. The van der Waals surface area contributed by atoms with Crippen LogP contribution in [0.2, 0.25) is 0 Å². The maximum absolute atomic E-state index is 6.08. The molecular weight excluding hydrogens is 468 g/mol. The second-order valence-electron chi connectivity index (χ2n) is 9.80. The number of methoxy groups -OCH3 is 1. The van der Waals surface area contributed by atoms with Gasteiger partial charge >= 0.3 is 0 Å². The fourth-order valence-electron chi connectivity index (χ4n) is 5.30. The highest BCUT2D eigenvalue weighted by Gasteiger charge is 2.34. The van der Waals surface area contributed by atoms with Crippen molar-refractivity contribution in [1.82, 2.24) is 20.0 Å². The van der Waals surface area contributed by atoms with Crippen LogP contribution in [0.1, 0.15) is 18.4 Å². The van der Waals surface area contributed by atoms with Crippen molar-refractivity contribution in [3.63, 3.8) is 0 Å².